The predicted octanol–water partition coefficient (Wildman–Crippen LogP) is 2.10. The summed E-state index contributed by atoms with van der Waals surface area (Å²) in [7, 11) is 1.80. The Bertz CT molecular complexity index is 718. The molecule has 2 N–H and O–H groups in total. The van der Waals surface area contributed by atoms with E-state index in [9.17, 15) is 4.79 Å². The van der Waals surface area contributed by atoms with Crippen LogP contribution in [0.25, 0.3) is 0 Å². The Morgan fingerprint density at radius 2 is 2.16 bits per heavy atom. The summed E-state index contributed by atoms with van der Waals surface area (Å²) < 4.78 is 0. The fourth-order valence-electron chi connectivity index (χ4n) is 3.00. The molecule has 0 radical (unpaired) electrons. The normalized spacial score (nSPS) is 15.0. The van der Waals surface area contributed by atoms with Crippen molar-refractivity contribution in [1.82, 2.24) is 20.3 Å². The molecule has 0 atom stereocenters. The smallest absolute Gasteiger partial charge is 0.223 e. The molecule has 2 aromatic rings. The number of piperidine rings is 1. The van der Waals surface area contributed by atoms with Gasteiger partial charge in [-0.2, -0.15) is 0 Å². The molecule has 3 rings (SSSR count). The van der Waals surface area contributed by atoms with Gasteiger partial charge in [-0.25, -0.2) is 9.97 Å². The molecule has 2 aromatic heterocycles. The number of aromatic nitrogens is 3. The highest BCUT2D eigenvalue weighted by atomic mass is 35.5. The van der Waals surface area contributed by atoms with Crippen molar-refractivity contribution in [3.63, 3.8) is 0 Å². The van der Waals surface area contributed by atoms with E-state index < -0.39 is 0 Å². The Balaban J connectivity index is 1.55. The zero-order valence-electron chi connectivity index (χ0n) is 14.1. The number of rotatable bonds is 5. The van der Waals surface area contributed by atoms with Crippen molar-refractivity contribution in [3.8, 4) is 0 Å². The number of hydrogen-bond donors (Lipinski definition) is 2. The Labute approximate surface area is 151 Å². The molecule has 0 bridgehead atoms. The molecule has 1 amide bonds. The molecule has 0 aliphatic carbocycles. The number of carbonyl (C=O) groups excluding carboxylic acids is 1. The van der Waals surface area contributed by atoms with Gasteiger partial charge < -0.3 is 15.5 Å². The second-order valence-electron chi connectivity index (χ2n) is 5.95. The van der Waals surface area contributed by atoms with Crippen LogP contribution in [0.3, 0.4) is 0 Å². The van der Waals surface area contributed by atoms with Crippen LogP contribution in [0, 0.1) is 5.92 Å². The molecule has 132 valence electrons. The van der Waals surface area contributed by atoms with Crippen LogP contribution in [0.5, 0.6) is 0 Å². The molecule has 1 saturated heterocycles. The van der Waals surface area contributed by atoms with Gasteiger partial charge in [0, 0.05) is 45.0 Å². The third kappa shape index (κ3) is 4.17. The number of nitrogens with one attached hydrogen (secondary N) is 2. The van der Waals surface area contributed by atoms with Crippen LogP contribution in [0.15, 0.2) is 30.9 Å². The average molecular weight is 361 g/mol. The van der Waals surface area contributed by atoms with Gasteiger partial charge in [0.1, 0.15) is 12.0 Å². The lowest BCUT2D eigenvalue weighted by molar-refractivity contribution is -0.125. The first-order chi connectivity index (χ1) is 12.2. The molecule has 7 nitrogen and oxygen atoms in total. The lowest BCUT2D eigenvalue weighted by Crippen LogP contribution is -2.41. The van der Waals surface area contributed by atoms with Crippen LogP contribution in [0.4, 0.5) is 11.5 Å². The van der Waals surface area contributed by atoms with E-state index in [1.807, 2.05) is 12.1 Å². The minimum atomic E-state index is 0.0169. The van der Waals surface area contributed by atoms with Gasteiger partial charge in [0.2, 0.25) is 5.91 Å². The fourth-order valence-corrected chi connectivity index (χ4v) is 3.22. The van der Waals surface area contributed by atoms with Crippen molar-refractivity contribution in [1.29, 1.82) is 0 Å². The van der Waals surface area contributed by atoms with E-state index >= 15 is 0 Å². The van der Waals surface area contributed by atoms with Crippen LogP contribution in [0.2, 0.25) is 5.15 Å². The second-order valence-corrected chi connectivity index (χ2v) is 6.31. The number of nitrogens with zero attached hydrogens (tertiary/aromatic N) is 4. The van der Waals surface area contributed by atoms with E-state index in [1.54, 1.807) is 19.4 Å². The molecule has 0 spiro atoms. The third-order valence-corrected chi connectivity index (χ3v) is 4.67. The summed E-state index contributed by atoms with van der Waals surface area (Å²) in [4.78, 5) is 26.9. The van der Waals surface area contributed by atoms with Crippen molar-refractivity contribution >= 4 is 29.0 Å². The number of pyridine rings is 1. The highest BCUT2D eigenvalue weighted by molar-refractivity contribution is 6.32. The molecular formula is C17H21ClN6O. The first-order valence-electron chi connectivity index (χ1n) is 8.29. The summed E-state index contributed by atoms with van der Waals surface area (Å²) in [6.07, 6.45) is 6.51. The number of anilines is 2. The van der Waals surface area contributed by atoms with Gasteiger partial charge in [-0.1, -0.05) is 17.7 Å². The van der Waals surface area contributed by atoms with Crippen molar-refractivity contribution in [2.45, 2.75) is 19.4 Å². The molecule has 1 fully saturated rings. The maximum absolute atomic E-state index is 12.4. The molecule has 1 aliphatic heterocycles. The largest absolute Gasteiger partial charge is 0.383 e. The summed E-state index contributed by atoms with van der Waals surface area (Å²) in [5, 5.41) is 6.45. The summed E-state index contributed by atoms with van der Waals surface area (Å²) >= 11 is 6.12. The molecule has 1 aliphatic rings. The van der Waals surface area contributed by atoms with Crippen molar-refractivity contribution in [2.75, 3.05) is 30.4 Å². The molecule has 0 unspecified atom stereocenters. The number of hydrogen-bond acceptors (Lipinski definition) is 6. The number of carbonyl (C=O) groups is 1. The lowest BCUT2D eigenvalue weighted by atomic mass is 9.95. The minimum absolute atomic E-state index is 0.0169. The van der Waals surface area contributed by atoms with Gasteiger partial charge >= 0.3 is 0 Å². The van der Waals surface area contributed by atoms with Crippen LogP contribution >= 0.6 is 11.6 Å². The van der Waals surface area contributed by atoms with E-state index in [2.05, 4.69) is 30.5 Å². The van der Waals surface area contributed by atoms with E-state index in [4.69, 9.17) is 11.6 Å². The van der Waals surface area contributed by atoms with E-state index in [1.165, 1.54) is 6.33 Å². The fraction of sp³-hybridized carbons (Fsp3) is 0.412. The van der Waals surface area contributed by atoms with Gasteiger partial charge in [0.05, 0.1) is 0 Å². The van der Waals surface area contributed by atoms with Crippen LogP contribution in [-0.2, 0) is 11.3 Å². The van der Waals surface area contributed by atoms with Gasteiger partial charge in [-0.05, 0) is 24.5 Å². The summed E-state index contributed by atoms with van der Waals surface area (Å²) in [6.45, 7) is 2.03. The molecule has 3 heterocycles. The molecular weight excluding hydrogens is 340 g/mol. The highest BCUT2D eigenvalue weighted by Crippen LogP contribution is 2.31. The van der Waals surface area contributed by atoms with Crippen LogP contribution in [-0.4, -0.2) is 41.0 Å². The van der Waals surface area contributed by atoms with Crippen LogP contribution in [0.1, 0.15) is 18.4 Å². The third-order valence-electron chi connectivity index (χ3n) is 4.39. The monoisotopic (exact) mass is 360 g/mol. The molecule has 0 aromatic carbocycles. The predicted molar refractivity (Wildman–Crippen MR) is 97.6 cm³/mol. The van der Waals surface area contributed by atoms with Crippen molar-refractivity contribution in [2.24, 2.45) is 5.92 Å². The topological polar surface area (TPSA) is 83.0 Å². The maximum Gasteiger partial charge on any atom is 0.223 e. The summed E-state index contributed by atoms with van der Waals surface area (Å²) in [6, 6.07) is 3.82. The van der Waals surface area contributed by atoms with Crippen molar-refractivity contribution in [3.05, 3.63) is 41.6 Å². The lowest BCUT2D eigenvalue weighted by Gasteiger charge is -2.33. The van der Waals surface area contributed by atoms with Gasteiger partial charge in [-0.15, -0.1) is 0 Å². The van der Waals surface area contributed by atoms with Crippen LogP contribution < -0.4 is 15.5 Å². The second kappa shape index (κ2) is 8.11. The average Bonchev–Trinajstić information content (AvgIpc) is 2.67. The Morgan fingerprint density at radius 1 is 1.36 bits per heavy atom. The van der Waals surface area contributed by atoms with E-state index in [0.717, 1.165) is 43.0 Å². The number of amides is 1. The minimum Gasteiger partial charge on any atom is -0.383 e. The quantitative estimate of drug-likeness (QED) is 0.794. The van der Waals surface area contributed by atoms with E-state index in [-0.39, 0.29) is 11.8 Å². The Hall–Kier alpha value is -2.41. The Morgan fingerprint density at radius 3 is 2.84 bits per heavy atom. The first kappa shape index (κ1) is 17.4. The summed E-state index contributed by atoms with van der Waals surface area (Å²) in [5.74, 6) is 0.901. The van der Waals surface area contributed by atoms with Gasteiger partial charge in [-0.3, -0.25) is 9.78 Å². The van der Waals surface area contributed by atoms with E-state index in [0.29, 0.717) is 11.7 Å². The maximum atomic E-state index is 12.4. The van der Waals surface area contributed by atoms with Gasteiger partial charge in [0.25, 0.3) is 0 Å². The number of halogens is 1. The molecule has 25 heavy (non-hydrogen) atoms. The zero-order chi connectivity index (χ0) is 17.6. The zero-order valence-corrected chi connectivity index (χ0v) is 14.8. The standard InChI is InChI=1S/C17H21ClN6O/c1-19-14-15(18)22-11-23-16(14)24-7-4-13(5-8-24)17(25)21-10-12-3-2-6-20-9-12/h2-3,6,9,11,13,19H,4-5,7-8,10H2,1H3,(H,21,25). The van der Waals surface area contributed by atoms with Crippen molar-refractivity contribution < 1.29 is 4.79 Å². The highest BCUT2D eigenvalue weighted by Gasteiger charge is 2.27. The Kier molecular flexibility index (Phi) is 5.65. The summed E-state index contributed by atoms with van der Waals surface area (Å²) in [5.41, 5.74) is 1.73. The SMILES string of the molecule is CNc1c(Cl)ncnc1N1CCC(C(=O)NCc2cccnc2)CC1. The first-order valence-corrected chi connectivity index (χ1v) is 8.66. The molecule has 8 heteroatoms. The van der Waals surface area contributed by atoms with Gasteiger partial charge in [0.15, 0.2) is 11.0 Å². The molecule has 0 saturated carbocycles.